The largest absolute Gasteiger partial charge is 0.480 e. The fourth-order valence-corrected chi connectivity index (χ4v) is 2.73. The van der Waals surface area contributed by atoms with Gasteiger partial charge in [0.1, 0.15) is 6.04 Å². The lowest BCUT2D eigenvalue weighted by Gasteiger charge is -2.07. The summed E-state index contributed by atoms with van der Waals surface area (Å²) >= 11 is 7.74. The fraction of sp³-hybridized carbons (Fsp3) is 0.250. The second kappa shape index (κ2) is 5.09. The second-order valence-corrected chi connectivity index (χ2v) is 5.99. The molecule has 0 saturated heterocycles. The Hall–Kier alpha value is -0.400. The summed E-state index contributed by atoms with van der Waals surface area (Å²) in [6.45, 7) is 1.41. The molecule has 1 heterocycles. The molecule has 1 amide bonds. The molecule has 1 unspecified atom stereocenters. The first-order valence-corrected chi connectivity index (χ1v) is 6.30. The number of carboxylic acids is 1. The van der Waals surface area contributed by atoms with Crippen LogP contribution in [0.4, 0.5) is 0 Å². The lowest BCUT2D eigenvalue weighted by molar-refractivity contribution is -0.138. The summed E-state index contributed by atoms with van der Waals surface area (Å²) in [6.07, 6.45) is 0. The highest BCUT2D eigenvalue weighted by atomic mass is 79.9. The van der Waals surface area contributed by atoms with Gasteiger partial charge in [-0.1, -0.05) is 0 Å². The Bertz CT molecular complexity index is 385. The van der Waals surface area contributed by atoms with Gasteiger partial charge >= 0.3 is 5.97 Å². The molecule has 1 aromatic heterocycles. The van der Waals surface area contributed by atoms with Gasteiger partial charge in [-0.2, -0.15) is 0 Å². The van der Waals surface area contributed by atoms with E-state index in [-0.39, 0.29) is 5.91 Å². The predicted octanol–water partition coefficient (Wildman–Crippen LogP) is 2.48. The van der Waals surface area contributed by atoms with Gasteiger partial charge in [0, 0.05) is 4.47 Å². The SMILES string of the molecule is CC(NC(=O)c1cc(Br)c(Br)s1)C(=O)O. The molecule has 0 radical (unpaired) electrons. The summed E-state index contributed by atoms with van der Waals surface area (Å²) in [6, 6.07) is 0.746. The number of hydrogen-bond acceptors (Lipinski definition) is 3. The Morgan fingerprint density at radius 2 is 2.13 bits per heavy atom. The van der Waals surface area contributed by atoms with Crippen LogP contribution < -0.4 is 5.32 Å². The number of carboxylic acid groups (broad SMARTS) is 1. The van der Waals surface area contributed by atoms with Gasteiger partial charge in [-0.05, 0) is 44.8 Å². The maximum absolute atomic E-state index is 11.5. The molecule has 1 aromatic rings. The van der Waals surface area contributed by atoms with E-state index in [0.717, 1.165) is 8.26 Å². The molecule has 0 aliphatic carbocycles. The molecule has 7 heteroatoms. The highest BCUT2D eigenvalue weighted by Gasteiger charge is 2.17. The minimum Gasteiger partial charge on any atom is -0.480 e. The van der Waals surface area contributed by atoms with Crippen molar-refractivity contribution < 1.29 is 14.7 Å². The van der Waals surface area contributed by atoms with E-state index in [2.05, 4.69) is 37.2 Å². The molecule has 0 fully saturated rings. The van der Waals surface area contributed by atoms with Crippen LogP contribution in [0, 0.1) is 0 Å². The van der Waals surface area contributed by atoms with Crippen LogP contribution in [-0.4, -0.2) is 23.0 Å². The maximum Gasteiger partial charge on any atom is 0.325 e. The molecule has 0 aromatic carbocycles. The van der Waals surface area contributed by atoms with Crippen LogP contribution in [-0.2, 0) is 4.79 Å². The number of carbonyl (C=O) groups is 2. The van der Waals surface area contributed by atoms with Crippen molar-refractivity contribution in [3.63, 3.8) is 0 Å². The molecule has 2 N–H and O–H groups in total. The number of aliphatic carboxylic acids is 1. The molecule has 15 heavy (non-hydrogen) atoms. The molecule has 0 saturated carbocycles. The highest BCUT2D eigenvalue weighted by molar-refractivity contribution is 9.13. The van der Waals surface area contributed by atoms with Crippen LogP contribution in [0.5, 0.6) is 0 Å². The number of amides is 1. The van der Waals surface area contributed by atoms with Crippen molar-refractivity contribution in [3.05, 3.63) is 19.2 Å². The van der Waals surface area contributed by atoms with Gasteiger partial charge in [-0.15, -0.1) is 11.3 Å². The summed E-state index contributed by atoms with van der Waals surface area (Å²) in [4.78, 5) is 22.5. The number of hydrogen-bond donors (Lipinski definition) is 2. The normalized spacial score (nSPS) is 12.2. The third-order valence-electron chi connectivity index (χ3n) is 1.59. The zero-order valence-electron chi connectivity index (χ0n) is 7.58. The molecule has 1 atom stereocenters. The summed E-state index contributed by atoms with van der Waals surface area (Å²) in [5, 5.41) is 11.0. The van der Waals surface area contributed by atoms with E-state index < -0.39 is 12.0 Å². The third kappa shape index (κ3) is 3.29. The zero-order valence-corrected chi connectivity index (χ0v) is 11.6. The van der Waals surface area contributed by atoms with Crippen molar-refractivity contribution in [2.75, 3.05) is 0 Å². The van der Waals surface area contributed by atoms with E-state index in [1.54, 1.807) is 6.07 Å². The van der Waals surface area contributed by atoms with Crippen molar-refractivity contribution in [2.45, 2.75) is 13.0 Å². The number of rotatable bonds is 3. The lowest BCUT2D eigenvalue weighted by Crippen LogP contribution is -2.37. The summed E-state index contributed by atoms with van der Waals surface area (Å²) in [5.74, 6) is -1.45. The lowest BCUT2D eigenvalue weighted by atomic mass is 10.3. The van der Waals surface area contributed by atoms with E-state index in [1.165, 1.54) is 18.3 Å². The molecule has 82 valence electrons. The topological polar surface area (TPSA) is 66.4 Å². The summed E-state index contributed by atoms with van der Waals surface area (Å²) < 4.78 is 1.58. The van der Waals surface area contributed by atoms with Crippen molar-refractivity contribution in [3.8, 4) is 0 Å². The van der Waals surface area contributed by atoms with Crippen LogP contribution in [0.3, 0.4) is 0 Å². The van der Waals surface area contributed by atoms with E-state index in [4.69, 9.17) is 5.11 Å². The third-order valence-corrected chi connectivity index (χ3v) is 4.84. The average Bonchev–Trinajstić information content (AvgIpc) is 2.46. The van der Waals surface area contributed by atoms with Crippen molar-refractivity contribution in [2.24, 2.45) is 0 Å². The molecule has 1 rings (SSSR count). The standard InChI is InChI=1S/C8H7Br2NO3S/c1-3(8(13)14)11-7(12)5-2-4(9)6(10)15-5/h2-3H,1H3,(H,11,12)(H,13,14). The van der Waals surface area contributed by atoms with Crippen molar-refractivity contribution in [1.29, 1.82) is 0 Å². The van der Waals surface area contributed by atoms with Gasteiger partial charge in [-0.25, -0.2) is 0 Å². The Morgan fingerprint density at radius 3 is 2.53 bits per heavy atom. The first-order valence-electron chi connectivity index (χ1n) is 3.90. The van der Waals surface area contributed by atoms with Crippen LogP contribution >= 0.6 is 43.2 Å². The molecular weight excluding hydrogens is 350 g/mol. The molecule has 4 nitrogen and oxygen atoms in total. The van der Waals surface area contributed by atoms with Gasteiger partial charge in [0.25, 0.3) is 5.91 Å². The molecule has 0 aliphatic rings. The van der Waals surface area contributed by atoms with Gasteiger partial charge in [-0.3, -0.25) is 9.59 Å². The number of nitrogens with one attached hydrogen (secondary N) is 1. The van der Waals surface area contributed by atoms with Crippen molar-refractivity contribution >= 4 is 55.1 Å². The number of carbonyl (C=O) groups excluding carboxylic acids is 1. The summed E-state index contributed by atoms with van der Waals surface area (Å²) in [5.41, 5.74) is 0. The molecule has 0 bridgehead atoms. The minimum absolute atomic E-state index is 0.388. The summed E-state index contributed by atoms with van der Waals surface area (Å²) in [7, 11) is 0. The monoisotopic (exact) mass is 355 g/mol. The first kappa shape index (κ1) is 12.7. The fourth-order valence-electron chi connectivity index (χ4n) is 0.788. The number of halogens is 2. The highest BCUT2D eigenvalue weighted by Crippen LogP contribution is 2.32. The van der Waals surface area contributed by atoms with E-state index in [9.17, 15) is 9.59 Å². The van der Waals surface area contributed by atoms with Crippen LogP contribution in [0.1, 0.15) is 16.6 Å². The predicted molar refractivity (Wildman–Crippen MR) is 64.3 cm³/mol. The average molecular weight is 357 g/mol. The Balaban J connectivity index is 2.73. The van der Waals surface area contributed by atoms with Gasteiger partial charge in [0.2, 0.25) is 0 Å². The van der Waals surface area contributed by atoms with Crippen LogP contribution in [0.2, 0.25) is 0 Å². The van der Waals surface area contributed by atoms with Gasteiger partial charge in [0.05, 0.1) is 8.66 Å². The van der Waals surface area contributed by atoms with E-state index in [1.807, 2.05) is 0 Å². The smallest absolute Gasteiger partial charge is 0.325 e. The van der Waals surface area contributed by atoms with E-state index >= 15 is 0 Å². The van der Waals surface area contributed by atoms with Crippen LogP contribution in [0.25, 0.3) is 0 Å². The minimum atomic E-state index is -1.06. The zero-order chi connectivity index (χ0) is 11.6. The molecule has 0 aliphatic heterocycles. The Labute approximate surface area is 107 Å². The number of thiophene rings is 1. The van der Waals surface area contributed by atoms with Gasteiger partial charge in [0.15, 0.2) is 0 Å². The van der Waals surface area contributed by atoms with Crippen molar-refractivity contribution in [1.82, 2.24) is 5.32 Å². The second-order valence-electron chi connectivity index (χ2n) is 2.77. The Kier molecular flexibility index (Phi) is 4.30. The van der Waals surface area contributed by atoms with E-state index in [0.29, 0.717) is 4.88 Å². The first-order chi connectivity index (χ1) is 6.91. The van der Waals surface area contributed by atoms with Gasteiger partial charge < -0.3 is 10.4 Å². The molecule has 0 spiro atoms. The quantitative estimate of drug-likeness (QED) is 0.874. The Morgan fingerprint density at radius 1 is 1.53 bits per heavy atom. The van der Waals surface area contributed by atoms with Crippen LogP contribution in [0.15, 0.2) is 14.3 Å². The maximum atomic E-state index is 11.5. The molecular formula is C8H7Br2NO3S.